The van der Waals surface area contributed by atoms with Crippen molar-refractivity contribution in [3.63, 3.8) is 0 Å². The van der Waals surface area contributed by atoms with Crippen molar-refractivity contribution in [3.8, 4) is 5.75 Å². The van der Waals surface area contributed by atoms with E-state index in [-0.39, 0.29) is 18.2 Å². The third kappa shape index (κ3) is 6.14. The number of nitrogens with zero attached hydrogens (tertiary/aromatic N) is 2. The van der Waals surface area contributed by atoms with E-state index in [1.807, 2.05) is 30.3 Å². The second-order valence-electron chi connectivity index (χ2n) is 7.67. The lowest BCUT2D eigenvalue weighted by Gasteiger charge is -2.05. The van der Waals surface area contributed by atoms with E-state index in [0.29, 0.717) is 27.4 Å². The molecule has 0 unspecified atom stereocenters. The van der Waals surface area contributed by atoms with Gasteiger partial charge in [-0.15, -0.1) is 0 Å². The predicted octanol–water partition coefficient (Wildman–Crippen LogP) is 7.27. The topological polar surface area (TPSA) is 69.3 Å². The van der Waals surface area contributed by atoms with Gasteiger partial charge in [-0.25, -0.2) is 0 Å². The molecule has 0 saturated carbocycles. The lowest BCUT2D eigenvalue weighted by molar-refractivity contribution is 0.0992. The maximum Gasteiger partial charge on any atom is 0.292 e. The minimum atomic E-state index is -0.461. The van der Waals surface area contributed by atoms with Crippen LogP contribution in [0.2, 0.25) is 15.1 Å². The maximum atomic E-state index is 12.6. The molecule has 6 nitrogen and oxygen atoms in total. The summed E-state index contributed by atoms with van der Waals surface area (Å²) in [7, 11) is 0. The Hall–Kier alpha value is -2.93. The van der Waals surface area contributed by atoms with Crippen LogP contribution in [-0.4, -0.2) is 15.7 Å². The van der Waals surface area contributed by atoms with E-state index < -0.39 is 5.91 Å². The molecule has 2 aromatic heterocycles. The normalized spacial score (nSPS) is 10.9. The highest BCUT2D eigenvalue weighted by Gasteiger charge is 2.16. The van der Waals surface area contributed by atoms with E-state index in [0.717, 1.165) is 24.2 Å². The molecule has 0 aliphatic rings. The fraction of sp³-hybridized carbons (Fsp3) is 0.200. The fourth-order valence-electron chi connectivity index (χ4n) is 3.33. The summed E-state index contributed by atoms with van der Waals surface area (Å²) >= 11 is 18.3. The van der Waals surface area contributed by atoms with E-state index in [4.69, 9.17) is 44.0 Å². The first-order valence-electron chi connectivity index (χ1n) is 10.7. The van der Waals surface area contributed by atoms with Crippen molar-refractivity contribution in [3.05, 3.63) is 98.5 Å². The van der Waals surface area contributed by atoms with Gasteiger partial charge in [-0.05, 0) is 53.9 Å². The Kier molecular flexibility index (Phi) is 7.83. The van der Waals surface area contributed by atoms with Crippen molar-refractivity contribution in [2.24, 2.45) is 0 Å². The molecule has 0 saturated heterocycles. The molecule has 4 rings (SSSR count). The molecule has 34 heavy (non-hydrogen) atoms. The average Bonchev–Trinajstić information content (AvgIpc) is 3.43. The van der Waals surface area contributed by atoms with E-state index in [1.54, 1.807) is 35.1 Å². The molecular weight excluding hydrogens is 497 g/mol. The Labute approximate surface area is 212 Å². The molecule has 176 valence electrons. The number of anilines is 1. The number of halogens is 3. The molecule has 0 aliphatic heterocycles. The summed E-state index contributed by atoms with van der Waals surface area (Å²) in [6.07, 6.45) is 3.75. The number of ether oxygens (including phenoxy) is 1. The second kappa shape index (κ2) is 11.0. The third-order valence-electron chi connectivity index (χ3n) is 5.01. The first-order chi connectivity index (χ1) is 16.4. The number of aromatic nitrogens is 2. The second-order valence-corrected chi connectivity index (χ2v) is 8.90. The first-order valence-corrected chi connectivity index (χ1v) is 11.8. The van der Waals surface area contributed by atoms with Gasteiger partial charge in [0.05, 0.1) is 16.6 Å². The molecule has 1 N–H and O–H groups in total. The van der Waals surface area contributed by atoms with Gasteiger partial charge >= 0.3 is 0 Å². The Morgan fingerprint density at radius 3 is 2.50 bits per heavy atom. The van der Waals surface area contributed by atoms with Crippen LogP contribution in [0.25, 0.3) is 0 Å². The van der Waals surface area contributed by atoms with Crippen molar-refractivity contribution in [1.29, 1.82) is 0 Å². The van der Waals surface area contributed by atoms with Crippen molar-refractivity contribution < 1.29 is 13.9 Å². The third-order valence-corrected chi connectivity index (χ3v) is 6.02. The quantitative estimate of drug-likeness (QED) is 0.253. The van der Waals surface area contributed by atoms with Crippen LogP contribution in [0, 0.1) is 0 Å². The molecule has 0 fully saturated rings. The van der Waals surface area contributed by atoms with Crippen LogP contribution in [0.4, 0.5) is 5.82 Å². The lowest BCUT2D eigenvalue weighted by atomic mass is 10.1. The average molecular weight is 519 g/mol. The van der Waals surface area contributed by atoms with E-state index >= 15 is 0 Å². The number of benzene rings is 2. The fourth-order valence-corrected chi connectivity index (χ4v) is 3.85. The molecule has 0 atom stereocenters. The van der Waals surface area contributed by atoms with Crippen molar-refractivity contribution >= 4 is 46.5 Å². The van der Waals surface area contributed by atoms with Gasteiger partial charge in [0.2, 0.25) is 0 Å². The zero-order valence-corrected chi connectivity index (χ0v) is 20.6. The summed E-state index contributed by atoms with van der Waals surface area (Å²) in [5.41, 5.74) is 2.16. The van der Waals surface area contributed by atoms with Gasteiger partial charge < -0.3 is 14.5 Å². The maximum absolute atomic E-state index is 12.6. The number of nitrogens with one attached hydrogen (secondary N) is 1. The number of hydrogen-bond donors (Lipinski definition) is 1. The monoisotopic (exact) mass is 517 g/mol. The number of carbonyl (C=O) groups is 1. The van der Waals surface area contributed by atoms with Crippen LogP contribution in [-0.2, 0) is 19.6 Å². The molecule has 0 aliphatic carbocycles. The minimum absolute atomic E-state index is 0.131. The summed E-state index contributed by atoms with van der Waals surface area (Å²) in [4.78, 5) is 12.6. The summed E-state index contributed by atoms with van der Waals surface area (Å²) < 4.78 is 13.0. The highest BCUT2D eigenvalue weighted by Crippen LogP contribution is 2.25. The van der Waals surface area contributed by atoms with Crippen LogP contribution < -0.4 is 10.1 Å². The number of furan rings is 1. The molecule has 2 heterocycles. The molecule has 9 heteroatoms. The largest absolute Gasteiger partial charge is 0.486 e. The molecule has 4 aromatic rings. The van der Waals surface area contributed by atoms with Crippen LogP contribution in [0.3, 0.4) is 0 Å². The van der Waals surface area contributed by atoms with Crippen molar-refractivity contribution in [2.45, 2.75) is 32.9 Å². The Morgan fingerprint density at radius 1 is 1.00 bits per heavy atom. The Morgan fingerprint density at radius 2 is 1.76 bits per heavy atom. The number of amides is 1. The predicted molar refractivity (Wildman–Crippen MR) is 134 cm³/mol. The van der Waals surface area contributed by atoms with Crippen LogP contribution in [0.1, 0.15) is 40.8 Å². The van der Waals surface area contributed by atoms with Gasteiger partial charge in [0, 0.05) is 6.20 Å². The van der Waals surface area contributed by atoms with Crippen molar-refractivity contribution in [1.82, 2.24) is 9.78 Å². The lowest BCUT2D eigenvalue weighted by Crippen LogP contribution is -2.12. The summed E-state index contributed by atoms with van der Waals surface area (Å²) in [5, 5.41) is 8.24. The van der Waals surface area contributed by atoms with E-state index in [1.165, 1.54) is 5.56 Å². The minimum Gasteiger partial charge on any atom is -0.486 e. The Balaban J connectivity index is 1.34. The van der Waals surface area contributed by atoms with Gasteiger partial charge in [0.25, 0.3) is 5.91 Å². The highest BCUT2D eigenvalue weighted by atomic mass is 35.5. The van der Waals surface area contributed by atoms with Gasteiger partial charge in [0.1, 0.15) is 23.1 Å². The molecule has 2 aromatic carbocycles. The van der Waals surface area contributed by atoms with Gasteiger partial charge in [-0.2, -0.15) is 5.10 Å². The van der Waals surface area contributed by atoms with Gasteiger partial charge in [-0.1, -0.05) is 66.3 Å². The molecule has 0 spiro atoms. The summed E-state index contributed by atoms with van der Waals surface area (Å²) in [6.45, 7) is 2.76. The standard InChI is InChI=1S/C25H22Cl3N3O3/c1-2-3-16-4-7-18(8-5-16)33-15-19-9-11-23(34-19)25(32)29-24-22(28)14-31(30-24)13-17-6-10-20(26)21(27)12-17/h4-12,14H,2-3,13,15H2,1H3,(H,29,30,32). The van der Waals surface area contributed by atoms with Crippen LogP contribution in [0.15, 0.2) is 65.2 Å². The molecule has 0 bridgehead atoms. The van der Waals surface area contributed by atoms with Crippen LogP contribution >= 0.6 is 34.8 Å². The van der Waals surface area contributed by atoms with E-state index in [9.17, 15) is 4.79 Å². The summed E-state index contributed by atoms with van der Waals surface area (Å²) in [5.74, 6) is 1.16. The highest BCUT2D eigenvalue weighted by molar-refractivity contribution is 6.42. The SMILES string of the molecule is CCCc1ccc(OCc2ccc(C(=O)Nc3nn(Cc4ccc(Cl)c(Cl)c4)cc3Cl)o2)cc1. The number of carbonyl (C=O) groups excluding carboxylic acids is 1. The zero-order valence-electron chi connectivity index (χ0n) is 18.4. The molecule has 0 radical (unpaired) electrons. The molecular formula is C25H22Cl3N3O3. The number of rotatable bonds is 9. The first kappa shape index (κ1) is 24.2. The van der Waals surface area contributed by atoms with Crippen molar-refractivity contribution in [2.75, 3.05) is 5.32 Å². The van der Waals surface area contributed by atoms with Gasteiger partial charge in [0.15, 0.2) is 11.6 Å². The van der Waals surface area contributed by atoms with E-state index in [2.05, 4.69) is 17.3 Å². The Bertz CT molecular complexity index is 1280. The number of aryl methyl sites for hydroxylation is 1. The zero-order chi connectivity index (χ0) is 24.1. The molecule has 1 amide bonds. The summed E-state index contributed by atoms with van der Waals surface area (Å²) in [6, 6.07) is 16.5. The number of hydrogen-bond acceptors (Lipinski definition) is 4. The smallest absolute Gasteiger partial charge is 0.292 e. The van der Waals surface area contributed by atoms with Crippen LogP contribution in [0.5, 0.6) is 5.75 Å². The van der Waals surface area contributed by atoms with Gasteiger partial charge in [-0.3, -0.25) is 9.48 Å².